The van der Waals surface area contributed by atoms with Crippen molar-refractivity contribution in [1.29, 1.82) is 0 Å². The highest BCUT2D eigenvalue weighted by molar-refractivity contribution is 8.00. The van der Waals surface area contributed by atoms with Gasteiger partial charge in [-0.15, -0.1) is 33.3 Å². The van der Waals surface area contributed by atoms with E-state index in [2.05, 4.69) is 15.2 Å². The number of hydrogen-bond acceptors (Lipinski definition) is 8. The van der Waals surface area contributed by atoms with Crippen molar-refractivity contribution in [3.05, 3.63) is 80.3 Å². The SMILES string of the molecule is COc1cccc(C2SC(Cc3ncc(CCC(=O)O)s3)c3nnc(CC(F)(F)F)n3-c3ccc(Cl)cc32)c1OC. The third-order valence-corrected chi connectivity index (χ3v) is 9.28. The predicted molar refractivity (Wildman–Crippen MR) is 150 cm³/mol. The molecule has 0 fully saturated rings. The largest absolute Gasteiger partial charge is 0.493 e. The van der Waals surface area contributed by atoms with Crippen LogP contribution in [0, 0.1) is 0 Å². The number of nitrogens with zero attached hydrogens (tertiary/aromatic N) is 4. The van der Waals surface area contributed by atoms with Gasteiger partial charge in [0.25, 0.3) is 0 Å². The Kier molecular flexibility index (Phi) is 8.48. The Morgan fingerprint density at radius 1 is 1.15 bits per heavy atom. The summed E-state index contributed by atoms with van der Waals surface area (Å²) in [5, 5.41) is 17.5. The number of carboxylic acids is 1. The van der Waals surface area contributed by atoms with Gasteiger partial charge < -0.3 is 14.6 Å². The number of methoxy groups -OCH3 is 2. The van der Waals surface area contributed by atoms with E-state index in [4.69, 9.17) is 26.2 Å². The lowest BCUT2D eigenvalue weighted by Gasteiger charge is -2.23. The summed E-state index contributed by atoms with van der Waals surface area (Å²) < 4.78 is 53.7. The maximum Gasteiger partial charge on any atom is 0.396 e. The molecule has 1 N–H and O–H groups in total. The predicted octanol–water partition coefficient (Wildman–Crippen LogP) is 6.64. The second-order valence-electron chi connectivity index (χ2n) is 9.21. The lowest BCUT2D eigenvalue weighted by atomic mass is 10.0. The van der Waals surface area contributed by atoms with Crippen LogP contribution in [0.1, 0.15) is 49.6 Å². The van der Waals surface area contributed by atoms with Crippen LogP contribution in [0.25, 0.3) is 5.69 Å². The van der Waals surface area contributed by atoms with Gasteiger partial charge >= 0.3 is 12.1 Å². The van der Waals surface area contributed by atoms with Gasteiger partial charge in [-0.2, -0.15) is 13.2 Å². The number of fused-ring (bicyclic) bond motifs is 3. The Bertz CT molecular complexity index is 1580. The number of thioether (sulfide) groups is 1. The number of carbonyl (C=O) groups is 1. The minimum Gasteiger partial charge on any atom is -0.493 e. The molecule has 2 aromatic carbocycles. The van der Waals surface area contributed by atoms with E-state index in [0.717, 1.165) is 10.4 Å². The van der Waals surface area contributed by atoms with E-state index < -0.39 is 29.1 Å². The van der Waals surface area contributed by atoms with Crippen LogP contribution in [-0.4, -0.2) is 51.2 Å². The van der Waals surface area contributed by atoms with Crippen molar-refractivity contribution < 1.29 is 32.5 Å². The van der Waals surface area contributed by atoms with Crippen molar-refractivity contribution in [3.63, 3.8) is 0 Å². The fourth-order valence-corrected chi connectivity index (χ4v) is 7.56. The Morgan fingerprint density at radius 2 is 1.95 bits per heavy atom. The molecule has 1 aliphatic heterocycles. The fraction of sp³-hybridized carbons (Fsp3) is 0.333. The quantitative estimate of drug-likeness (QED) is 0.221. The Labute approximate surface area is 246 Å². The van der Waals surface area contributed by atoms with E-state index in [1.165, 1.54) is 41.9 Å². The lowest BCUT2D eigenvalue weighted by molar-refractivity contribution is -0.137. The van der Waals surface area contributed by atoms with E-state index in [9.17, 15) is 18.0 Å². The first kappa shape index (κ1) is 29.2. The lowest BCUT2D eigenvalue weighted by Crippen LogP contribution is -2.17. The van der Waals surface area contributed by atoms with Crippen molar-refractivity contribution in [2.75, 3.05) is 14.2 Å². The molecule has 2 aromatic heterocycles. The first-order valence-corrected chi connectivity index (χ1v) is 14.5. The smallest absolute Gasteiger partial charge is 0.396 e. The Balaban J connectivity index is 1.67. The maximum absolute atomic E-state index is 13.6. The Hall–Kier alpha value is -3.29. The van der Waals surface area contributed by atoms with Crippen molar-refractivity contribution in [3.8, 4) is 17.2 Å². The third-order valence-electron chi connectivity index (χ3n) is 6.48. The molecule has 216 valence electrons. The van der Waals surface area contributed by atoms with Gasteiger partial charge in [-0.3, -0.25) is 9.36 Å². The topological polar surface area (TPSA) is 99.4 Å². The van der Waals surface area contributed by atoms with E-state index in [-0.39, 0.29) is 12.2 Å². The van der Waals surface area contributed by atoms with E-state index in [1.807, 2.05) is 12.1 Å². The zero-order valence-electron chi connectivity index (χ0n) is 21.8. The third kappa shape index (κ3) is 6.31. The highest BCUT2D eigenvalue weighted by Crippen LogP contribution is 2.54. The molecule has 0 amide bonds. The summed E-state index contributed by atoms with van der Waals surface area (Å²) in [6.07, 6.45) is -3.48. The van der Waals surface area contributed by atoms with Gasteiger partial charge in [0.05, 0.1) is 41.8 Å². The minimum atomic E-state index is -4.50. The van der Waals surface area contributed by atoms with Crippen LogP contribution in [0.2, 0.25) is 5.02 Å². The molecule has 0 saturated heterocycles. The van der Waals surface area contributed by atoms with E-state index in [1.54, 1.807) is 30.5 Å². The molecule has 3 heterocycles. The molecule has 0 bridgehead atoms. The summed E-state index contributed by atoms with van der Waals surface area (Å²) in [7, 11) is 3.06. The number of thiazole rings is 1. The molecule has 0 saturated carbocycles. The second kappa shape index (κ2) is 11.9. The first-order chi connectivity index (χ1) is 19.6. The van der Waals surface area contributed by atoms with Crippen LogP contribution in [0.5, 0.6) is 11.5 Å². The number of hydrogen-bond donors (Lipinski definition) is 1. The van der Waals surface area contributed by atoms with Gasteiger partial charge in [-0.1, -0.05) is 23.7 Å². The molecule has 4 aromatic rings. The number of benzene rings is 2. The minimum absolute atomic E-state index is 0.0251. The average molecular weight is 625 g/mol. The molecule has 14 heteroatoms. The summed E-state index contributed by atoms with van der Waals surface area (Å²) in [6, 6.07) is 10.5. The van der Waals surface area contributed by atoms with Gasteiger partial charge in [0, 0.05) is 28.1 Å². The normalized spacial score (nSPS) is 16.5. The van der Waals surface area contributed by atoms with Crippen LogP contribution in [0.15, 0.2) is 42.6 Å². The molecule has 8 nitrogen and oxygen atoms in total. The molecule has 41 heavy (non-hydrogen) atoms. The highest BCUT2D eigenvalue weighted by atomic mass is 35.5. The van der Waals surface area contributed by atoms with Crippen LogP contribution in [0.3, 0.4) is 0 Å². The van der Waals surface area contributed by atoms with Gasteiger partial charge in [0.15, 0.2) is 17.3 Å². The van der Waals surface area contributed by atoms with Crippen LogP contribution >= 0.6 is 34.7 Å². The number of halogens is 4. The number of aryl methyl sites for hydroxylation is 1. The number of para-hydroxylation sites is 1. The molecule has 0 radical (unpaired) electrons. The molecule has 2 unspecified atom stereocenters. The van der Waals surface area contributed by atoms with Crippen LogP contribution < -0.4 is 9.47 Å². The van der Waals surface area contributed by atoms with Crippen molar-refractivity contribution >= 4 is 40.7 Å². The molecule has 2 atom stereocenters. The number of ether oxygens (including phenoxy) is 2. The van der Waals surface area contributed by atoms with Crippen molar-refractivity contribution in [2.24, 2.45) is 0 Å². The number of carboxylic acid groups (broad SMARTS) is 1. The number of alkyl halides is 3. The molecular formula is C27H24ClF3N4O4S2. The number of rotatable bonds is 9. The highest BCUT2D eigenvalue weighted by Gasteiger charge is 2.38. The van der Waals surface area contributed by atoms with Crippen molar-refractivity contribution in [2.45, 2.75) is 42.4 Å². The summed E-state index contributed by atoms with van der Waals surface area (Å²) in [5.41, 5.74) is 1.91. The van der Waals surface area contributed by atoms with E-state index in [0.29, 0.717) is 51.4 Å². The zero-order valence-corrected chi connectivity index (χ0v) is 24.2. The van der Waals surface area contributed by atoms with Gasteiger partial charge in [0.1, 0.15) is 12.2 Å². The first-order valence-electron chi connectivity index (χ1n) is 12.4. The standard InChI is InChI=1S/C27H24ClF3N4O4S2/c1-38-19-5-3-4-16(24(19)39-2)25-17-10-14(28)6-8-18(17)35-21(12-27(29,30)31)33-34-26(35)20(41-25)11-22-32-13-15(40-22)7-9-23(36)37/h3-6,8,10,13,20,25H,7,9,11-12H2,1-2H3,(H,36,37). The summed E-state index contributed by atoms with van der Waals surface area (Å²) in [6.45, 7) is 0. The summed E-state index contributed by atoms with van der Waals surface area (Å²) in [5.74, 6) is 0.215. The average Bonchev–Trinajstić information content (AvgIpc) is 3.52. The second-order valence-corrected chi connectivity index (χ2v) is 12.2. The molecule has 1 aliphatic rings. The van der Waals surface area contributed by atoms with Gasteiger partial charge in [0.2, 0.25) is 0 Å². The molecular weight excluding hydrogens is 601 g/mol. The molecule has 0 spiro atoms. The van der Waals surface area contributed by atoms with E-state index >= 15 is 0 Å². The molecule has 0 aliphatic carbocycles. The number of aliphatic carboxylic acids is 1. The fourth-order valence-electron chi connectivity index (χ4n) is 4.78. The maximum atomic E-state index is 13.6. The zero-order chi connectivity index (χ0) is 29.3. The van der Waals surface area contributed by atoms with Crippen LogP contribution in [0.4, 0.5) is 13.2 Å². The summed E-state index contributed by atoms with van der Waals surface area (Å²) >= 11 is 9.30. The Morgan fingerprint density at radius 3 is 2.66 bits per heavy atom. The summed E-state index contributed by atoms with van der Waals surface area (Å²) in [4.78, 5) is 16.3. The van der Waals surface area contributed by atoms with Crippen LogP contribution in [-0.2, 0) is 24.1 Å². The number of aromatic nitrogens is 4. The van der Waals surface area contributed by atoms with Gasteiger partial charge in [-0.05, 0) is 36.2 Å². The monoisotopic (exact) mass is 624 g/mol. The van der Waals surface area contributed by atoms with Gasteiger partial charge in [-0.25, -0.2) is 4.98 Å². The van der Waals surface area contributed by atoms with Crippen molar-refractivity contribution in [1.82, 2.24) is 19.7 Å². The molecule has 5 rings (SSSR count).